The number of likely N-dealkylation sites (tertiary alicyclic amines) is 1. The quantitative estimate of drug-likeness (QED) is 0.582. The molecule has 0 atom stereocenters. The Balaban J connectivity index is 2.03. The third kappa shape index (κ3) is 1.60. The van der Waals surface area contributed by atoms with Crippen LogP contribution in [0.1, 0.15) is 6.42 Å². The van der Waals surface area contributed by atoms with Gasteiger partial charge in [-0.2, -0.15) is 0 Å². The van der Waals surface area contributed by atoms with E-state index >= 15 is 0 Å². The van der Waals surface area contributed by atoms with Gasteiger partial charge in [-0.3, -0.25) is 0 Å². The van der Waals surface area contributed by atoms with Gasteiger partial charge in [-0.1, -0.05) is 0 Å². The number of nitrogens with zero attached hydrogens (tertiary/aromatic N) is 2. The van der Waals surface area contributed by atoms with Crippen molar-refractivity contribution in [3.63, 3.8) is 0 Å². The van der Waals surface area contributed by atoms with Gasteiger partial charge in [0.05, 0.1) is 6.26 Å². The van der Waals surface area contributed by atoms with E-state index in [4.69, 9.17) is 0 Å². The zero-order valence-electron chi connectivity index (χ0n) is 8.15. The molecule has 0 bridgehead atoms. The van der Waals surface area contributed by atoms with E-state index in [-0.39, 0.29) is 5.41 Å². The summed E-state index contributed by atoms with van der Waals surface area (Å²) < 4.78 is 24.1. The summed E-state index contributed by atoms with van der Waals surface area (Å²) >= 11 is 0. The molecule has 0 radical (unpaired) electrons. The molecule has 0 aromatic heterocycles. The Labute approximate surface area is 79.6 Å². The summed E-state index contributed by atoms with van der Waals surface area (Å²) in [5.41, 5.74) is 0.290. The van der Waals surface area contributed by atoms with E-state index < -0.39 is 10.0 Å². The SMILES string of the molecule is CN1CC2(CCN(S(C)(=O)=O)C2)C1. The van der Waals surface area contributed by atoms with Crippen molar-refractivity contribution >= 4 is 10.0 Å². The van der Waals surface area contributed by atoms with Crippen molar-refractivity contribution in [1.29, 1.82) is 0 Å². The summed E-state index contributed by atoms with van der Waals surface area (Å²) in [6.07, 6.45) is 2.33. The van der Waals surface area contributed by atoms with Crippen molar-refractivity contribution in [1.82, 2.24) is 9.21 Å². The molecule has 0 unspecified atom stereocenters. The average molecular weight is 204 g/mol. The largest absolute Gasteiger partial charge is 0.305 e. The highest BCUT2D eigenvalue weighted by molar-refractivity contribution is 7.88. The van der Waals surface area contributed by atoms with Gasteiger partial charge in [-0.15, -0.1) is 0 Å². The first-order valence-electron chi connectivity index (χ1n) is 4.55. The summed E-state index contributed by atoms with van der Waals surface area (Å²) in [5.74, 6) is 0. The van der Waals surface area contributed by atoms with Gasteiger partial charge in [-0.05, 0) is 13.5 Å². The number of sulfonamides is 1. The fourth-order valence-corrected chi connectivity index (χ4v) is 3.47. The summed E-state index contributed by atoms with van der Waals surface area (Å²) in [7, 11) is -0.875. The van der Waals surface area contributed by atoms with Crippen LogP contribution in [0.15, 0.2) is 0 Å². The van der Waals surface area contributed by atoms with E-state index in [9.17, 15) is 8.42 Å². The second-order valence-corrected chi connectivity index (χ2v) is 6.50. The van der Waals surface area contributed by atoms with Gasteiger partial charge in [0.1, 0.15) is 0 Å². The Morgan fingerprint density at radius 2 is 1.85 bits per heavy atom. The van der Waals surface area contributed by atoms with E-state index in [1.807, 2.05) is 0 Å². The fourth-order valence-electron chi connectivity index (χ4n) is 2.53. The monoisotopic (exact) mass is 204 g/mol. The third-order valence-corrected chi connectivity index (χ3v) is 4.33. The maximum atomic E-state index is 11.3. The van der Waals surface area contributed by atoms with Gasteiger partial charge >= 0.3 is 0 Å². The van der Waals surface area contributed by atoms with Gasteiger partial charge in [0.25, 0.3) is 0 Å². The zero-order chi connectivity index (χ0) is 9.69. The lowest BCUT2D eigenvalue weighted by Crippen LogP contribution is -2.55. The first-order chi connectivity index (χ1) is 5.91. The minimum atomic E-state index is -2.95. The second kappa shape index (κ2) is 2.68. The van der Waals surface area contributed by atoms with E-state index in [0.29, 0.717) is 6.54 Å². The number of hydrogen-bond donors (Lipinski definition) is 0. The van der Waals surface area contributed by atoms with Crippen LogP contribution in [-0.4, -0.2) is 57.1 Å². The molecule has 0 N–H and O–H groups in total. The molecule has 0 aromatic carbocycles. The van der Waals surface area contributed by atoms with Crippen molar-refractivity contribution in [2.45, 2.75) is 6.42 Å². The van der Waals surface area contributed by atoms with Crippen LogP contribution >= 0.6 is 0 Å². The van der Waals surface area contributed by atoms with Gasteiger partial charge in [0, 0.05) is 31.6 Å². The van der Waals surface area contributed by atoms with Crippen LogP contribution in [0, 0.1) is 5.41 Å². The lowest BCUT2D eigenvalue weighted by Gasteiger charge is -2.46. The summed E-state index contributed by atoms with van der Waals surface area (Å²) in [4.78, 5) is 2.24. The molecule has 13 heavy (non-hydrogen) atoms. The Kier molecular flexibility index (Phi) is 1.94. The highest BCUT2D eigenvalue weighted by atomic mass is 32.2. The molecule has 2 rings (SSSR count). The molecule has 1 spiro atoms. The minimum absolute atomic E-state index is 0.290. The summed E-state index contributed by atoms with van der Waals surface area (Å²) in [5, 5.41) is 0. The van der Waals surface area contributed by atoms with E-state index in [1.165, 1.54) is 6.26 Å². The van der Waals surface area contributed by atoms with Crippen LogP contribution in [0.3, 0.4) is 0 Å². The maximum Gasteiger partial charge on any atom is 0.211 e. The molecule has 2 heterocycles. The first-order valence-corrected chi connectivity index (χ1v) is 6.40. The topological polar surface area (TPSA) is 40.6 Å². The van der Waals surface area contributed by atoms with Crippen LogP contribution in [0.5, 0.6) is 0 Å². The zero-order valence-corrected chi connectivity index (χ0v) is 8.97. The molecule has 0 aromatic rings. The molecule has 2 aliphatic rings. The first kappa shape index (κ1) is 9.43. The van der Waals surface area contributed by atoms with Gasteiger partial charge in [0.15, 0.2) is 0 Å². The van der Waals surface area contributed by atoms with Crippen molar-refractivity contribution in [3.8, 4) is 0 Å². The molecule has 2 saturated heterocycles. The summed E-state index contributed by atoms with van der Waals surface area (Å²) in [6, 6.07) is 0. The fraction of sp³-hybridized carbons (Fsp3) is 1.00. The highest BCUT2D eigenvalue weighted by Crippen LogP contribution is 2.39. The Hall–Kier alpha value is -0.130. The Bertz CT molecular complexity index is 306. The van der Waals surface area contributed by atoms with E-state index in [1.54, 1.807) is 4.31 Å². The van der Waals surface area contributed by atoms with Gasteiger partial charge in [0.2, 0.25) is 10.0 Å². The molecule has 0 aliphatic carbocycles. The molecule has 4 nitrogen and oxygen atoms in total. The van der Waals surface area contributed by atoms with Crippen LogP contribution in [0.2, 0.25) is 0 Å². The molecular formula is C8H16N2O2S. The smallest absolute Gasteiger partial charge is 0.211 e. The molecule has 76 valence electrons. The molecule has 0 saturated carbocycles. The van der Waals surface area contributed by atoms with Crippen molar-refractivity contribution in [2.24, 2.45) is 5.41 Å². The second-order valence-electron chi connectivity index (χ2n) is 4.52. The van der Waals surface area contributed by atoms with Crippen LogP contribution in [-0.2, 0) is 10.0 Å². The lowest BCUT2D eigenvalue weighted by atomic mass is 9.80. The maximum absolute atomic E-state index is 11.3. The summed E-state index contributed by atoms with van der Waals surface area (Å²) in [6.45, 7) is 3.56. The van der Waals surface area contributed by atoms with E-state index in [2.05, 4.69) is 11.9 Å². The lowest BCUT2D eigenvalue weighted by molar-refractivity contribution is 0.0363. The Morgan fingerprint density at radius 3 is 2.23 bits per heavy atom. The van der Waals surface area contributed by atoms with Gasteiger partial charge < -0.3 is 4.90 Å². The van der Waals surface area contributed by atoms with Crippen molar-refractivity contribution < 1.29 is 8.42 Å². The van der Waals surface area contributed by atoms with Crippen LogP contribution in [0.25, 0.3) is 0 Å². The average Bonchev–Trinajstić information content (AvgIpc) is 2.29. The van der Waals surface area contributed by atoms with Crippen molar-refractivity contribution in [3.05, 3.63) is 0 Å². The predicted octanol–water partition coefficient (Wildman–Crippen LogP) is -0.416. The third-order valence-electron chi connectivity index (χ3n) is 3.08. The predicted molar refractivity (Wildman–Crippen MR) is 51.0 cm³/mol. The minimum Gasteiger partial charge on any atom is -0.305 e. The van der Waals surface area contributed by atoms with Crippen LogP contribution in [0.4, 0.5) is 0 Å². The highest BCUT2D eigenvalue weighted by Gasteiger charge is 2.47. The van der Waals surface area contributed by atoms with E-state index in [0.717, 1.165) is 26.1 Å². The molecule has 0 amide bonds. The standard InChI is InChI=1S/C8H16N2O2S/c1-9-5-8(6-9)3-4-10(7-8)13(2,11)12/h3-7H2,1-2H3. The van der Waals surface area contributed by atoms with Crippen LogP contribution < -0.4 is 0 Å². The number of rotatable bonds is 1. The molecule has 2 fully saturated rings. The molecule has 2 aliphatic heterocycles. The van der Waals surface area contributed by atoms with Gasteiger partial charge in [-0.25, -0.2) is 12.7 Å². The van der Waals surface area contributed by atoms with Crippen molar-refractivity contribution in [2.75, 3.05) is 39.5 Å². The normalized spacial score (nSPS) is 29.4. The molecular weight excluding hydrogens is 188 g/mol. The Morgan fingerprint density at radius 1 is 1.23 bits per heavy atom. The molecule has 5 heteroatoms. The number of hydrogen-bond acceptors (Lipinski definition) is 3.